The zero-order chi connectivity index (χ0) is 16.4. The molecule has 1 fully saturated rings. The van der Waals surface area contributed by atoms with Crippen LogP contribution in [0.15, 0.2) is 41.6 Å². The number of para-hydroxylation sites is 2. The first kappa shape index (κ1) is 16.0. The molecule has 1 aliphatic heterocycles. The topological polar surface area (TPSA) is 76.5 Å². The molecule has 0 spiro atoms. The lowest BCUT2D eigenvalue weighted by atomic mass is 10.3. The van der Waals surface area contributed by atoms with Gasteiger partial charge in [-0.15, -0.1) is 0 Å². The summed E-state index contributed by atoms with van der Waals surface area (Å²) in [7, 11) is -1.98. The largest absolute Gasteiger partial charge is 0.494 e. The minimum Gasteiger partial charge on any atom is -0.494 e. The van der Waals surface area contributed by atoms with Gasteiger partial charge in [-0.3, -0.25) is 0 Å². The van der Waals surface area contributed by atoms with Crippen LogP contribution in [0.5, 0.6) is 5.75 Å². The third-order valence-corrected chi connectivity index (χ3v) is 5.90. The molecule has 3 rings (SSSR count). The molecular weight excluding hydrogens is 316 g/mol. The fraction of sp³-hybridized carbons (Fsp3) is 0.400. The van der Waals surface area contributed by atoms with Gasteiger partial charge in [0.25, 0.3) is 0 Å². The van der Waals surface area contributed by atoms with E-state index in [0.717, 1.165) is 0 Å². The number of rotatable bonds is 4. The van der Waals surface area contributed by atoms with E-state index in [-0.39, 0.29) is 10.9 Å². The number of aromatic nitrogens is 2. The second kappa shape index (κ2) is 6.31. The highest BCUT2D eigenvalue weighted by atomic mass is 32.2. The van der Waals surface area contributed by atoms with Crippen molar-refractivity contribution in [2.45, 2.75) is 17.9 Å². The molecule has 1 saturated heterocycles. The summed E-state index contributed by atoms with van der Waals surface area (Å²) in [5, 5.41) is 7.39. The van der Waals surface area contributed by atoms with Crippen molar-refractivity contribution in [1.29, 1.82) is 0 Å². The van der Waals surface area contributed by atoms with Crippen LogP contribution in [-0.4, -0.2) is 55.3 Å². The molecular formula is C15H20N4O3S. The number of hydrogen-bond acceptors (Lipinski definition) is 5. The van der Waals surface area contributed by atoms with Crippen LogP contribution < -0.4 is 10.1 Å². The Labute approximate surface area is 135 Å². The van der Waals surface area contributed by atoms with Crippen LogP contribution in [0.2, 0.25) is 0 Å². The van der Waals surface area contributed by atoms with Gasteiger partial charge in [-0.2, -0.15) is 9.40 Å². The lowest BCUT2D eigenvalue weighted by Crippen LogP contribution is -2.52. The molecule has 1 aromatic heterocycles. The molecule has 124 valence electrons. The molecule has 2 heterocycles. The fourth-order valence-electron chi connectivity index (χ4n) is 2.71. The number of methoxy groups -OCH3 is 1. The Morgan fingerprint density at radius 3 is 2.87 bits per heavy atom. The summed E-state index contributed by atoms with van der Waals surface area (Å²) >= 11 is 0. The van der Waals surface area contributed by atoms with Crippen molar-refractivity contribution in [2.75, 3.05) is 26.7 Å². The normalized spacial score (nSPS) is 19.7. The molecule has 0 saturated carbocycles. The maximum Gasteiger partial charge on any atom is 0.246 e. The molecule has 1 N–H and O–H groups in total. The van der Waals surface area contributed by atoms with Crippen molar-refractivity contribution in [3.63, 3.8) is 0 Å². The molecule has 0 aliphatic carbocycles. The van der Waals surface area contributed by atoms with Crippen molar-refractivity contribution in [3.05, 3.63) is 36.7 Å². The Morgan fingerprint density at radius 2 is 2.13 bits per heavy atom. The van der Waals surface area contributed by atoms with E-state index in [1.54, 1.807) is 7.11 Å². The Kier molecular flexibility index (Phi) is 4.38. The van der Waals surface area contributed by atoms with Gasteiger partial charge in [0.2, 0.25) is 10.0 Å². The van der Waals surface area contributed by atoms with E-state index in [0.29, 0.717) is 31.1 Å². The Hall–Kier alpha value is -1.90. The third-order valence-electron chi connectivity index (χ3n) is 3.94. The van der Waals surface area contributed by atoms with Crippen molar-refractivity contribution in [1.82, 2.24) is 19.4 Å². The minimum absolute atomic E-state index is 0.0802. The maximum atomic E-state index is 12.8. The van der Waals surface area contributed by atoms with E-state index in [4.69, 9.17) is 4.74 Å². The smallest absolute Gasteiger partial charge is 0.246 e. The summed E-state index contributed by atoms with van der Waals surface area (Å²) in [6, 6.07) is 7.26. The van der Waals surface area contributed by atoms with Crippen LogP contribution in [0.3, 0.4) is 0 Å². The number of nitrogens with one attached hydrogen (secondary N) is 1. The molecule has 7 nitrogen and oxygen atoms in total. The van der Waals surface area contributed by atoms with Crippen LogP contribution in [-0.2, 0) is 10.0 Å². The molecule has 0 bridgehead atoms. The molecule has 1 atom stereocenters. The van der Waals surface area contributed by atoms with E-state index in [1.807, 2.05) is 31.2 Å². The third kappa shape index (κ3) is 2.97. The first-order chi connectivity index (χ1) is 11.0. The summed E-state index contributed by atoms with van der Waals surface area (Å²) in [5.41, 5.74) is 0.699. The summed E-state index contributed by atoms with van der Waals surface area (Å²) in [6.45, 7) is 3.67. The highest BCUT2D eigenvalue weighted by molar-refractivity contribution is 7.89. The second-order valence-electron chi connectivity index (χ2n) is 5.46. The van der Waals surface area contributed by atoms with Gasteiger partial charge in [0.05, 0.1) is 19.5 Å². The Balaban J connectivity index is 1.95. The first-order valence-corrected chi connectivity index (χ1v) is 8.88. The van der Waals surface area contributed by atoms with Crippen LogP contribution >= 0.6 is 0 Å². The van der Waals surface area contributed by atoms with Gasteiger partial charge >= 0.3 is 0 Å². The van der Waals surface area contributed by atoms with Crippen molar-refractivity contribution in [3.8, 4) is 11.4 Å². The quantitative estimate of drug-likeness (QED) is 0.896. The van der Waals surface area contributed by atoms with Gasteiger partial charge in [0, 0.05) is 25.7 Å². The predicted octanol–water partition coefficient (Wildman–Crippen LogP) is 0.863. The average Bonchev–Trinajstić information content (AvgIpc) is 3.05. The number of piperazine rings is 1. The van der Waals surface area contributed by atoms with Gasteiger partial charge in [-0.05, 0) is 19.1 Å². The van der Waals surface area contributed by atoms with Crippen molar-refractivity contribution in [2.24, 2.45) is 0 Å². The van der Waals surface area contributed by atoms with Crippen LogP contribution in [0.4, 0.5) is 0 Å². The monoisotopic (exact) mass is 336 g/mol. The van der Waals surface area contributed by atoms with Crippen molar-refractivity contribution >= 4 is 10.0 Å². The zero-order valence-electron chi connectivity index (χ0n) is 13.1. The molecule has 1 aliphatic rings. The fourth-order valence-corrected chi connectivity index (χ4v) is 4.27. The first-order valence-electron chi connectivity index (χ1n) is 7.44. The van der Waals surface area contributed by atoms with Gasteiger partial charge < -0.3 is 10.1 Å². The van der Waals surface area contributed by atoms with Gasteiger partial charge in [-0.25, -0.2) is 13.1 Å². The van der Waals surface area contributed by atoms with Gasteiger partial charge in [0.15, 0.2) is 0 Å². The molecule has 0 radical (unpaired) electrons. The lowest BCUT2D eigenvalue weighted by Gasteiger charge is -2.32. The van der Waals surface area contributed by atoms with E-state index in [2.05, 4.69) is 10.4 Å². The zero-order valence-corrected chi connectivity index (χ0v) is 14.0. The standard InChI is InChI=1S/C15H20N4O3S/c1-12-9-16-7-8-19(12)23(20,21)13-10-17-18(11-13)14-5-3-4-6-15(14)22-2/h3-6,10-12,16H,7-9H2,1-2H3. The minimum atomic E-state index is -3.55. The molecule has 23 heavy (non-hydrogen) atoms. The summed E-state index contributed by atoms with van der Waals surface area (Å²) in [5.74, 6) is 0.634. The molecule has 1 unspecified atom stereocenters. The highest BCUT2D eigenvalue weighted by Gasteiger charge is 2.32. The summed E-state index contributed by atoms with van der Waals surface area (Å²) in [6.07, 6.45) is 2.92. The van der Waals surface area contributed by atoms with Crippen LogP contribution in [0.25, 0.3) is 5.69 Å². The molecule has 2 aromatic rings. The number of sulfonamides is 1. The van der Waals surface area contributed by atoms with E-state index in [9.17, 15) is 8.42 Å². The summed E-state index contributed by atoms with van der Waals surface area (Å²) < 4.78 is 34.0. The Bertz CT molecular complexity index is 788. The summed E-state index contributed by atoms with van der Waals surface area (Å²) in [4.78, 5) is 0.192. The average molecular weight is 336 g/mol. The number of ether oxygens (including phenoxy) is 1. The number of hydrogen-bond donors (Lipinski definition) is 1. The predicted molar refractivity (Wildman–Crippen MR) is 86.3 cm³/mol. The molecule has 1 aromatic carbocycles. The van der Waals surface area contributed by atoms with Crippen LogP contribution in [0, 0.1) is 0 Å². The van der Waals surface area contributed by atoms with E-state index in [1.165, 1.54) is 21.4 Å². The molecule has 0 amide bonds. The number of nitrogens with zero attached hydrogens (tertiary/aromatic N) is 3. The number of benzene rings is 1. The van der Waals surface area contributed by atoms with Crippen molar-refractivity contribution < 1.29 is 13.2 Å². The SMILES string of the molecule is COc1ccccc1-n1cc(S(=O)(=O)N2CCNCC2C)cn1. The Morgan fingerprint density at radius 1 is 1.35 bits per heavy atom. The maximum absolute atomic E-state index is 12.8. The van der Waals surface area contributed by atoms with E-state index >= 15 is 0 Å². The highest BCUT2D eigenvalue weighted by Crippen LogP contribution is 2.24. The van der Waals surface area contributed by atoms with Gasteiger partial charge in [-0.1, -0.05) is 12.1 Å². The lowest BCUT2D eigenvalue weighted by molar-refractivity contribution is 0.284. The van der Waals surface area contributed by atoms with Gasteiger partial charge in [0.1, 0.15) is 16.3 Å². The van der Waals surface area contributed by atoms with Crippen LogP contribution in [0.1, 0.15) is 6.92 Å². The molecule has 8 heteroatoms. The second-order valence-corrected chi connectivity index (χ2v) is 7.35. The van der Waals surface area contributed by atoms with E-state index < -0.39 is 10.0 Å².